The summed E-state index contributed by atoms with van der Waals surface area (Å²) in [5.74, 6) is 0. The lowest BCUT2D eigenvalue weighted by Crippen LogP contribution is -2.46. The summed E-state index contributed by atoms with van der Waals surface area (Å²) in [5.41, 5.74) is -0.0844. The van der Waals surface area contributed by atoms with Gasteiger partial charge in [-0.15, -0.1) is 0 Å². The molecule has 0 aromatic rings. The lowest BCUT2D eigenvalue weighted by molar-refractivity contribution is 0.156. The van der Waals surface area contributed by atoms with Crippen molar-refractivity contribution < 1.29 is 5.11 Å². The van der Waals surface area contributed by atoms with Crippen LogP contribution in [-0.2, 0) is 0 Å². The first-order valence-corrected chi connectivity index (χ1v) is 7.25. The Morgan fingerprint density at radius 2 is 2.06 bits per heavy atom. The first kappa shape index (κ1) is 14.9. The molecule has 1 atom stereocenters. The molecule has 0 aliphatic heterocycles. The normalized spacial score (nSPS) is 19.6. The standard InChI is InChI=1S/C14H30N2O/c1-4-10-15-14(3,12-17)9-6-11-16(5-2)13-7-8-13/h13,15,17H,4-12H2,1-3H3. The molecule has 0 bridgehead atoms. The second-order valence-electron chi connectivity index (χ2n) is 5.61. The van der Waals surface area contributed by atoms with Crippen LogP contribution in [0.3, 0.4) is 0 Å². The minimum Gasteiger partial charge on any atom is -0.394 e. The fourth-order valence-electron chi connectivity index (χ4n) is 2.36. The highest BCUT2D eigenvalue weighted by atomic mass is 16.3. The predicted molar refractivity (Wildman–Crippen MR) is 73.3 cm³/mol. The third-order valence-corrected chi connectivity index (χ3v) is 3.79. The van der Waals surface area contributed by atoms with E-state index >= 15 is 0 Å². The zero-order valence-electron chi connectivity index (χ0n) is 11.8. The predicted octanol–water partition coefficient (Wildman–Crippen LogP) is 2.00. The lowest BCUT2D eigenvalue weighted by Gasteiger charge is -2.30. The van der Waals surface area contributed by atoms with Gasteiger partial charge in [0.05, 0.1) is 6.61 Å². The first-order valence-electron chi connectivity index (χ1n) is 7.25. The van der Waals surface area contributed by atoms with Crippen LogP contribution in [0.5, 0.6) is 0 Å². The highest BCUT2D eigenvalue weighted by Gasteiger charge is 2.28. The molecule has 3 nitrogen and oxygen atoms in total. The largest absolute Gasteiger partial charge is 0.394 e. The molecule has 1 unspecified atom stereocenters. The first-order chi connectivity index (χ1) is 8.15. The summed E-state index contributed by atoms with van der Waals surface area (Å²) in [7, 11) is 0. The summed E-state index contributed by atoms with van der Waals surface area (Å²) in [6.07, 6.45) is 6.14. The summed E-state index contributed by atoms with van der Waals surface area (Å²) in [6.45, 7) is 10.1. The molecule has 0 spiro atoms. The van der Waals surface area contributed by atoms with E-state index in [0.29, 0.717) is 0 Å². The highest BCUT2D eigenvalue weighted by molar-refractivity contribution is 4.86. The number of nitrogens with zero attached hydrogens (tertiary/aromatic N) is 1. The van der Waals surface area contributed by atoms with Crippen LogP contribution >= 0.6 is 0 Å². The van der Waals surface area contributed by atoms with E-state index < -0.39 is 0 Å². The third-order valence-electron chi connectivity index (χ3n) is 3.79. The van der Waals surface area contributed by atoms with Crippen LogP contribution in [0.15, 0.2) is 0 Å². The van der Waals surface area contributed by atoms with Gasteiger partial charge in [-0.25, -0.2) is 0 Å². The minimum atomic E-state index is -0.0844. The molecule has 0 radical (unpaired) electrons. The van der Waals surface area contributed by atoms with Crippen molar-refractivity contribution in [3.8, 4) is 0 Å². The Morgan fingerprint density at radius 1 is 1.35 bits per heavy atom. The summed E-state index contributed by atoms with van der Waals surface area (Å²) in [4.78, 5) is 2.58. The van der Waals surface area contributed by atoms with Crippen LogP contribution in [-0.4, -0.2) is 47.8 Å². The Bertz CT molecular complexity index is 206. The quantitative estimate of drug-likeness (QED) is 0.615. The fourth-order valence-corrected chi connectivity index (χ4v) is 2.36. The SMILES string of the molecule is CCCNC(C)(CO)CCCN(CC)C1CC1. The number of hydrogen-bond donors (Lipinski definition) is 2. The van der Waals surface area contributed by atoms with Gasteiger partial charge in [0.1, 0.15) is 0 Å². The van der Waals surface area contributed by atoms with Crippen LogP contribution < -0.4 is 5.32 Å². The van der Waals surface area contributed by atoms with Gasteiger partial charge in [0.25, 0.3) is 0 Å². The number of aliphatic hydroxyl groups excluding tert-OH is 1. The summed E-state index contributed by atoms with van der Waals surface area (Å²) in [6, 6.07) is 0.865. The fraction of sp³-hybridized carbons (Fsp3) is 1.00. The van der Waals surface area contributed by atoms with E-state index in [4.69, 9.17) is 0 Å². The monoisotopic (exact) mass is 242 g/mol. The van der Waals surface area contributed by atoms with Gasteiger partial charge in [-0.1, -0.05) is 13.8 Å². The van der Waals surface area contributed by atoms with Crippen molar-refractivity contribution in [2.24, 2.45) is 0 Å². The van der Waals surface area contributed by atoms with Crippen LogP contribution in [0.2, 0.25) is 0 Å². The molecule has 0 aromatic carbocycles. The van der Waals surface area contributed by atoms with Gasteiger partial charge >= 0.3 is 0 Å². The van der Waals surface area contributed by atoms with Crippen LogP contribution in [0.1, 0.15) is 52.9 Å². The molecule has 1 rings (SSSR count). The molecular weight excluding hydrogens is 212 g/mol. The van der Waals surface area contributed by atoms with Gasteiger partial charge in [0, 0.05) is 11.6 Å². The van der Waals surface area contributed by atoms with E-state index in [1.165, 1.54) is 32.4 Å². The molecule has 102 valence electrons. The Hall–Kier alpha value is -0.120. The van der Waals surface area contributed by atoms with E-state index in [1.807, 2.05) is 0 Å². The molecule has 2 N–H and O–H groups in total. The maximum absolute atomic E-state index is 9.48. The van der Waals surface area contributed by atoms with Crippen molar-refractivity contribution in [2.45, 2.75) is 64.5 Å². The Labute approximate surface area is 107 Å². The number of nitrogens with one attached hydrogen (secondary N) is 1. The van der Waals surface area contributed by atoms with Crippen molar-refractivity contribution in [3.63, 3.8) is 0 Å². The maximum atomic E-state index is 9.48. The topological polar surface area (TPSA) is 35.5 Å². The van der Waals surface area contributed by atoms with E-state index in [-0.39, 0.29) is 12.1 Å². The molecule has 1 fully saturated rings. The number of rotatable bonds is 10. The Morgan fingerprint density at radius 3 is 2.53 bits per heavy atom. The molecule has 0 amide bonds. The molecule has 1 aliphatic carbocycles. The molecule has 3 heteroatoms. The second-order valence-corrected chi connectivity index (χ2v) is 5.61. The van der Waals surface area contributed by atoms with Crippen LogP contribution in [0.4, 0.5) is 0 Å². The van der Waals surface area contributed by atoms with Gasteiger partial charge in [-0.2, -0.15) is 0 Å². The van der Waals surface area contributed by atoms with Gasteiger partial charge in [-0.3, -0.25) is 0 Å². The van der Waals surface area contributed by atoms with Crippen molar-refractivity contribution in [2.75, 3.05) is 26.2 Å². The average Bonchev–Trinajstić information content (AvgIpc) is 3.16. The summed E-state index contributed by atoms with van der Waals surface area (Å²) in [5, 5.41) is 12.9. The second kappa shape index (κ2) is 7.34. The Balaban J connectivity index is 2.21. The van der Waals surface area contributed by atoms with Gasteiger partial charge < -0.3 is 15.3 Å². The zero-order valence-corrected chi connectivity index (χ0v) is 11.8. The molecular formula is C14H30N2O. The minimum absolute atomic E-state index is 0.0844. The molecule has 0 heterocycles. The van der Waals surface area contributed by atoms with E-state index in [0.717, 1.165) is 25.4 Å². The van der Waals surface area contributed by atoms with E-state index in [1.54, 1.807) is 0 Å². The number of aliphatic hydroxyl groups is 1. The Kier molecular flexibility index (Phi) is 6.45. The maximum Gasteiger partial charge on any atom is 0.0610 e. The summed E-state index contributed by atoms with van der Waals surface area (Å²) >= 11 is 0. The summed E-state index contributed by atoms with van der Waals surface area (Å²) < 4.78 is 0. The lowest BCUT2D eigenvalue weighted by atomic mass is 9.96. The molecule has 0 aromatic heterocycles. The van der Waals surface area contributed by atoms with Crippen LogP contribution in [0, 0.1) is 0 Å². The van der Waals surface area contributed by atoms with Crippen molar-refractivity contribution >= 4 is 0 Å². The van der Waals surface area contributed by atoms with Gasteiger partial charge in [0.2, 0.25) is 0 Å². The zero-order chi connectivity index (χ0) is 12.7. The molecule has 1 saturated carbocycles. The highest BCUT2D eigenvalue weighted by Crippen LogP contribution is 2.27. The molecule has 17 heavy (non-hydrogen) atoms. The van der Waals surface area contributed by atoms with Crippen molar-refractivity contribution in [1.82, 2.24) is 10.2 Å². The van der Waals surface area contributed by atoms with Crippen molar-refractivity contribution in [1.29, 1.82) is 0 Å². The molecule has 0 saturated heterocycles. The third kappa shape index (κ3) is 5.36. The number of hydrogen-bond acceptors (Lipinski definition) is 3. The van der Waals surface area contributed by atoms with Gasteiger partial charge in [0.15, 0.2) is 0 Å². The van der Waals surface area contributed by atoms with Crippen LogP contribution in [0.25, 0.3) is 0 Å². The van der Waals surface area contributed by atoms with E-state index in [9.17, 15) is 5.11 Å². The average molecular weight is 242 g/mol. The molecule has 1 aliphatic rings. The smallest absolute Gasteiger partial charge is 0.0610 e. The van der Waals surface area contributed by atoms with Gasteiger partial charge in [-0.05, 0) is 58.7 Å². The van der Waals surface area contributed by atoms with Crippen molar-refractivity contribution in [3.05, 3.63) is 0 Å². The van der Waals surface area contributed by atoms with E-state index in [2.05, 4.69) is 31.0 Å².